The van der Waals surface area contributed by atoms with Gasteiger partial charge in [-0.1, -0.05) is 84.9 Å². The number of benzene rings is 4. The van der Waals surface area contributed by atoms with Gasteiger partial charge in [0, 0.05) is 12.0 Å². The summed E-state index contributed by atoms with van der Waals surface area (Å²) in [6.45, 7) is 3.85. The molecule has 0 spiro atoms. The van der Waals surface area contributed by atoms with Crippen LogP contribution in [0.4, 0.5) is 0 Å². The number of carboxylic acid groups (broad SMARTS) is 1. The average molecular weight is 582 g/mol. The van der Waals surface area contributed by atoms with Gasteiger partial charge in [-0.3, -0.25) is 9.59 Å². The Morgan fingerprint density at radius 3 is 1.51 bits per heavy atom. The third-order valence-electron chi connectivity index (χ3n) is 6.31. The quantitative estimate of drug-likeness (QED) is 0.197. The monoisotopic (exact) mass is 581 g/mol. The number of carbonyl (C=O) groups excluding carboxylic acids is 3. The zero-order chi connectivity index (χ0) is 31.0. The Balaban J connectivity index is 0.000000282. The Hall–Kier alpha value is -5.24. The molecule has 0 aliphatic carbocycles. The van der Waals surface area contributed by atoms with E-state index in [1.165, 1.54) is 0 Å². The molecule has 222 valence electrons. The minimum atomic E-state index is -0.911. The van der Waals surface area contributed by atoms with E-state index in [-0.39, 0.29) is 26.1 Å². The number of hydrogen-bond donors (Lipinski definition) is 2. The number of nitrogens with one attached hydrogen (secondary N) is 1. The highest BCUT2D eigenvalue weighted by Crippen LogP contribution is 2.20. The number of rotatable bonds is 11. The maximum Gasteiger partial charge on any atom is 0.335 e. The molecule has 2 N–H and O–H groups in total. The van der Waals surface area contributed by atoms with E-state index >= 15 is 0 Å². The summed E-state index contributed by atoms with van der Waals surface area (Å²) in [6.07, 6.45) is 0.135. The summed E-state index contributed by atoms with van der Waals surface area (Å²) in [5, 5.41) is 11.4. The highest BCUT2D eigenvalue weighted by Gasteiger charge is 2.24. The van der Waals surface area contributed by atoms with Crippen molar-refractivity contribution < 1.29 is 33.8 Å². The molecule has 0 aliphatic heterocycles. The highest BCUT2D eigenvalue weighted by atomic mass is 16.5. The lowest BCUT2D eigenvalue weighted by molar-refractivity contribution is -0.146. The number of ether oxygens (including phenoxy) is 2. The van der Waals surface area contributed by atoms with E-state index in [1.807, 2.05) is 84.9 Å². The van der Waals surface area contributed by atoms with Gasteiger partial charge < -0.3 is 19.9 Å². The van der Waals surface area contributed by atoms with Crippen LogP contribution in [0.5, 0.6) is 0 Å². The van der Waals surface area contributed by atoms with E-state index in [4.69, 9.17) is 14.6 Å². The highest BCUT2D eigenvalue weighted by molar-refractivity contribution is 5.97. The van der Waals surface area contributed by atoms with Crippen LogP contribution in [-0.4, -0.2) is 48.2 Å². The van der Waals surface area contributed by atoms with Crippen LogP contribution < -0.4 is 5.32 Å². The summed E-state index contributed by atoms with van der Waals surface area (Å²) in [6, 6.07) is 32.7. The van der Waals surface area contributed by atoms with Gasteiger partial charge >= 0.3 is 17.9 Å². The molecule has 0 fully saturated rings. The van der Waals surface area contributed by atoms with Gasteiger partial charge in [-0.15, -0.1) is 0 Å². The first-order valence-electron chi connectivity index (χ1n) is 14.0. The molecule has 1 amide bonds. The molecule has 1 unspecified atom stereocenters. The molecule has 0 saturated carbocycles. The van der Waals surface area contributed by atoms with Crippen molar-refractivity contribution in [1.29, 1.82) is 0 Å². The zero-order valence-corrected chi connectivity index (χ0v) is 24.2. The summed E-state index contributed by atoms with van der Waals surface area (Å²) in [5.41, 5.74) is 4.89. The molecule has 4 rings (SSSR count). The van der Waals surface area contributed by atoms with Gasteiger partial charge in [-0.2, -0.15) is 0 Å². The number of amides is 1. The Labute approximate surface area is 251 Å². The molecule has 0 bridgehead atoms. The fourth-order valence-corrected chi connectivity index (χ4v) is 4.11. The molecule has 0 aliphatic rings. The van der Waals surface area contributed by atoms with Crippen molar-refractivity contribution in [2.45, 2.75) is 32.7 Å². The van der Waals surface area contributed by atoms with Gasteiger partial charge in [0.05, 0.1) is 18.8 Å². The topological polar surface area (TPSA) is 119 Å². The smallest absolute Gasteiger partial charge is 0.335 e. The fourth-order valence-electron chi connectivity index (χ4n) is 4.11. The standard InChI is InChI=1S/C22H25NO5.C13H10O2/c1-3-27-20(24)15-14-19(22(26)28-4-2)23-21(25)18-12-10-17(11-13-18)16-8-6-5-7-9-16;14-13(15)12-8-6-11(7-9-12)10-4-2-1-3-5-10/h5-13,19H,3-4,14-15H2,1-2H3,(H,23,25);1-9H,(H,14,15). The molecule has 0 aromatic heterocycles. The second-order valence-electron chi connectivity index (χ2n) is 9.31. The van der Waals surface area contributed by atoms with Crippen molar-refractivity contribution in [2.75, 3.05) is 13.2 Å². The second kappa shape index (κ2) is 16.9. The van der Waals surface area contributed by atoms with Gasteiger partial charge in [0.15, 0.2) is 0 Å². The molecule has 0 heterocycles. The van der Waals surface area contributed by atoms with Crippen molar-refractivity contribution in [1.82, 2.24) is 5.32 Å². The van der Waals surface area contributed by atoms with Crippen molar-refractivity contribution in [3.8, 4) is 22.3 Å². The zero-order valence-electron chi connectivity index (χ0n) is 24.2. The van der Waals surface area contributed by atoms with Gasteiger partial charge in [0.25, 0.3) is 5.91 Å². The van der Waals surface area contributed by atoms with E-state index in [0.29, 0.717) is 11.1 Å². The first kappa shape index (κ1) is 32.3. The van der Waals surface area contributed by atoms with Crippen LogP contribution in [0.15, 0.2) is 109 Å². The lowest BCUT2D eigenvalue weighted by Crippen LogP contribution is -2.42. The van der Waals surface area contributed by atoms with Crippen LogP contribution in [0, 0.1) is 0 Å². The van der Waals surface area contributed by atoms with Gasteiger partial charge in [0.1, 0.15) is 6.04 Å². The summed E-state index contributed by atoms with van der Waals surface area (Å²) in [7, 11) is 0. The SMILES string of the molecule is CCOC(=O)CCC(NC(=O)c1ccc(-c2ccccc2)cc1)C(=O)OCC.O=C(O)c1ccc(-c2ccccc2)cc1. The molecule has 8 heteroatoms. The summed E-state index contributed by atoms with van der Waals surface area (Å²) in [4.78, 5) is 46.9. The lowest BCUT2D eigenvalue weighted by atomic mass is 10.0. The molecule has 8 nitrogen and oxygen atoms in total. The molecule has 4 aromatic rings. The third kappa shape index (κ3) is 10.3. The summed E-state index contributed by atoms with van der Waals surface area (Å²) < 4.78 is 9.88. The van der Waals surface area contributed by atoms with Gasteiger partial charge in [0.2, 0.25) is 0 Å². The van der Waals surface area contributed by atoms with Crippen LogP contribution in [0.3, 0.4) is 0 Å². The van der Waals surface area contributed by atoms with E-state index in [9.17, 15) is 19.2 Å². The summed E-state index contributed by atoms with van der Waals surface area (Å²) in [5.74, 6) is -2.28. The van der Waals surface area contributed by atoms with E-state index in [0.717, 1.165) is 22.3 Å². The molecular weight excluding hydrogens is 546 g/mol. The Bertz CT molecular complexity index is 1470. The summed E-state index contributed by atoms with van der Waals surface area (Å²) >= 11 is 0. The van der Waals surface area contributed by atoms with Crippen LogP contribution in [0.25, 0.3) is 22.3 Å². The first-order valence-corrected chi connectivity index (χ1v) is 14.0. The van der Waals surface area contributed by atoms with E-state index in [2.05, 4.69) is 5.32 Å². The maximum absolute atomic E-state index is 12.5. The number of carbonyl (C=O) groups is 4. The number of aromatic carboxylic acids is 1. The van der Waals surface area contributed by atoms with Gasteiger partial charge in [-0.25, -0.2) is 9.59 Å². The molecule has 0 saturated heterocycles. The first-order chi connectivity index (χ1) is 20.8. The van der Waals surface area contributed by atoms with Crippen molar-refractivity contribution in [3.63, 3.8) is 0 Å². The number of hydrogen-bond acceptors (Lipinski definition) is 6. The van der Waals surface area contributed by atoms with Crippen molar-refractivity contribution in [2.24, 2.45) is 0 Å². The second-order valence-corrected chi connectivity index (χ2v) is 9.31. The predicted octanol–water partition coefficient (Wildman–Crippen LogP) is 6.41. The van der Waals surface area contributed by atoms with Crippen LogP contribution in [0.2, 0.25) is 0 Å². The number of carboxylic acids is 1. The lowest BCUT2D eigenvalue weighted by Gasteiger charge is -2.17. The largest absolute Gasteiger partial charge is 0.478 e. The molecule has 0 radical (unpaired) electrons. The Morgan fingerprint density at radius 1 is 0.628 bits per heavy atom. The minimum absolute atomic E-state index is 0.0184. The minimum Gasteiger partial charge on any atom is -0.478 e. The van der Waals surface area contributed by atoms with Crippen molar-refractivity contribution >= 4 is 23.8 Å². The average Bonchev–Trinajstić information content (AvgIpc) is 3.04. The predicted molar refractivity (Wildman–Crippen MR) is 164 cm³/mol. The van der Waals surface area contributed by atoms with Crippen LogP contribution >= 0.6 is 0 Å². The maximum atomic E-state index is 12.5. The van der Waals surface area contributed by atoms with E-state index in [1.54, 1.807) is 38.1 Å². The van der Waals surface area contributed by atoms with E-state index < -0.39 is 29.9 Å². The van der Waals surface area contributed by atoms with Crippen LogP contribution in [0.1, 0.15) is 47.4 Å². The fraction of sp³-hybridized carbons (Fsp3) is 0.200. The molecule has 4 aromatic carbocycles. The van der Waals surface area contributed by atoms with Gasteiger partial charge in [-0.05, 0) is 66.8 Å². The molecule has 43 heavy (non-hydrogen) atoms. The Morgan fingerprint density at radius 2 is 1.07 bits per heavy atom. The normalized spacial score (nSPS) is 10.8. The Kier molecular flexibility index (Phi) is 12.7. The molecule has 1 atom stereocenters. The van der Waals surface area contributed by atoms with Crippen molar-refractivity contribution in [3.05, 3.63) is 120 Å². The van der Waals surface area contributed by atoms with Crippen LogP contribution in [-0.2, 0) is 19.1 Å². The third-order valence-corrected chi connectivity index (χ3v) is 6.31. The molecular formula is C35H35NO7. The number of esters is 2.